The van der Waals surface area contributed by atoms with E-state index in [0.29, 0.717) is 10.0 Å². The summed E-state index contributed by atoms with van der Waals surface area (Å²) in [6, 6.07) is 11.7. The summed E-state index contributed by atoms with van der Waals surface area (Å²) in [5.74, 6) is 0. The Bertz CT molecular complexity index is 638. The molecule has 0 aliphatic carbocycles. The van der Waals surface area contributed by atoms with Crippen molar-refractivity contribution >= 4 is 40.2 Å². The van der Waals surface area contributed by atoms with Crippen molar-refractivity contribution in [2.45, 2.75) is 13.8 Å². The second-order valence-electron chi connectivity index (χ2n) is 4.48. The van der Waals surface area contributed by atoms with Gasteiger partial charge in [0.15, 0.2) is 0 Å². The van der Waals surface area contributed by atoms with E-state index in [1.807, 2.05) is 50.2 Å². The summed E-state index contributed by atoms with van der Waals surface area (Å²) in [5, 5.41) is 4.06. The average Bonchev–Trinajstić information content (AvgIpc) is 2.33. The quantitative estimate of drug-likeness (QED) is 0.826. The molecule has 19 heavy (non-hydrogen) atoms. The highest BCUT2D eigenvalue weighted by Gasteiger charge is 2.04. The number of halogens is 1. The standard InChI is InChI=1S/C15H15ClN2S/c1-9-3-4-11(16)8-14(9)18-12-5-6-13(15(17)19)10(2)7-12/h3-8,18H,1-2H3,(H2,17,19). The highest BCUT2D eigenvalue weighted by Crippen LogP contribution is 2.25. The van der Waals surface area contributed by atoms with Gasteiger partial charge in [-0.15, -0.1) is 0 Å². The monoisotopic (exact) mass is 290 g/mol. The van der Waals surface area contributed by atoms with Crippen LogP contribution in [0.15, 0.2) is 36.4 Å². The third-order valence-electron chi connectivity index (χ3n) is 2.97. The molecule has 0 fully saturated rings. The maximum atomic E-state index is 6.01. The summed E-state index contributed by atoms with van der Waals surface area (Å²) in [6.07, 6.45) is 0. The number of benzene rings is 2. The van der Waals surface area contributed by atoms with E-state index in [0.717, 1.165) is 28.1 Å². The van der Waals surface area contributed by atoms with Crippen LogP contribution in [0.5, 0.6) is 0 Å². The maximum absolute atomic E-state index is 6.01. The summed E-state index contributed by atoms with van der Waals surface area (Å²) in [6.45, 7) is 4.03. The lowest BCUT2D eigenvalue weighted by atomic mass is 10.1. The third kappa shape index (κ3) is 3.25. The second kappa shape index (κ2) is 5.59. The van der Waals surface area contributed by atoms with Gasteiger partial charge in [0.25, 0.3) is 0 Å². The lowest BCUT2D eigenvalue weighted by molar-refractivity contribution is 1.39. The number of thiocarbonyl (C=S) groups is 1. The van der Waals surface area contributed by atoms with Crippen molar-refractivity contribution in [2.75, 3.05) is 5.32 Å². The van der Waals surface area contributed by atoms with Crippen LogP contribution in [0.2, 0.25) is 5.02 Å². The zero-order valence-corrected chi connectivity index (χ0v) is 12.4. The van der Waals surface area contributed by atoms with Gasteiger partial charge in [-0.1, -0.05) is 29.9 Å². The van der Waals surface area contributed by atoms with E-state index >= 15 is 0 Å². The van der Waals surface area contributed by atoms with Gasteiger partial charge in [0, 0.05) is 22.0 Å². The van der Waals surface area contributed by atoms with E-state index < -0.39 is 0 Å². The molecule has 0 radical (unpaired) electrons. The molecule has 0 bridgehead atoms. The molecule has 2 aromatic carbocycles. The fourth-order valence-electron chi connectivity index (χ4n) is 1.90. The summed E-state index contributed by atoms with van der Waals surface area (Å²) >= 11 is 11.0. The third-order valence-corrected chi connectivity index (χ3v) is 3.43. The normalized spacial score (nSPS) is 10.3. The molecule has 2 rings (SSSR count). The van der Waals surface area contributed by atoms with Gasteiger partial charge in [-0.25, -0.2) is 0 Å². The van der Waals surface area contributed by atoms with Gasteiger partial charge in [0.1, 0.15) is 4.99 Å². The van der Waals surface area contributed by atoms with E-state index in [1.54, 1.807) is 0 Å². The summed E-state index contributed by atoms with van der Waals surface area (Å²) in [5.41, 5.74) is 10.7. The molecule has 0 saturated carbocycles. The topological polar surface area (TPSA) is 38.0 Å². The molecule has 0 unspecified atom stereocenters. The number of rotatable bonds is 3. The first-order valence-corrected chi connectivity index (χ1v) is 6.69. The fraction of sp³-hybridized carbons (Fsp3) is 0.133. The van der Waals surface area contributed by atoms with Crippen molar-refractivity contribution in [1.29, 1.82) is 0 Å². The Hall–Kier alpha value is -1.58. The first-order chi connectivity index (χ1) is 8.97. The number of anilines is 2. The zero-order chi connectivity index (χ0) is 14.0. The predicted molar refractivity (Wildman–Crippen MR) is 86.5 cm³/mol. The van der Waals surface area contributed by atoms with E-state index in [1.165, 1.54) is 0 Å². The molecule has 0 spiro atoms. The number of nitrogens with two attached hydrogens (primary N) is 1. The van der Waals surface area contributed by atoms with E-state index in [-0.39, 0.29) is 0 Å². The number of hydrogen-bond acceptors (Lipinski definition) is 2. The van der Waals surface area contributed by atoms with E-state index in [2.05, 4.69) is 5.32 Å². The molecule has 2 aromatic rings. The Kier molecular flexibility index (Phi) is 4.08. The molecule has 0 aliphatic rings. The van der Waals surface area contributed by atoms with Crippen molar-refractivity contribution in [1.82, 2.24) is 0 Å². The van der Waals surface area contributed by atoms with Crippen molar-refractivity contribution in [3.63, 3.8) is 0 Å². The van der Waals surface area contributed by atoms with Crippen LogP contribution in [0.1, 0.15) is 16.7 Å². The van der Waals surface area contributed by atoms with Crippen LogP contribution >= 0.6 is 23.8 Å². The maximum Gasteiger partial charge on any atom is 0.104 e. The summed E-state index contributed by atoms with van der Waals surface area (Å²) < 4.78 is 0. The minimum Gasteiger partial charge on any atom is -0.389 e. The van der Waals surface area contributed by atoms with Crippen LogP contribution in [0, 0.1) is 13.8 Å². The largest absolute Gasteiger partial charge is 0.389 e. The van der Waals surface area contributed by atoms with Gasteiger partial charge in [0.2, 0.25) is 0 Å². The van der Waals surface area contributed by atoms with Crippen LogP contribution in [-0.2, 0) is 0 Å². The molecule has 0 atom stereocenters. The number of nitrogens with one attached hydrogen (secondary N) is 1. The first-order valence-electron chi connectivity index (χ1n) is 5.91. The predicted octanol–water partition coefficient (Wildman–Crippen LogP) is 4.33. The highest BCUT2D eigenvalue weighted by atomic mass is 35.5. The molecule has 0 aromatic heterocycles. The molecule has 0 aliphatic heterocycles. The molecule has 4 heteroatoms. The fourth-order valence-corrected chi connectivity index (χ4v) is 2.30. The summed E-state index contributed by atoms with van der Waals surface area (Å²) in [7, 11) is 0. The van der Waals surface area contributed by atoms with Gasteiger partial charge < -0.3 is 11.1 Å². The van der Waals surface area contributed by atoms with Gasteiger partial charge in [0.05, 0.1) is 0 Å². The minimum atomic E-state index is 0.419. The van der Waals surface area contributed by atoms with Crippen LogP contribution in [-0.4, -0.2) is 4.99 Å². The van der Waals surface area contributed by atoms with Crippen LogP contribution < -0.4 is 11.1 Å². The van der Waals surface area contributed by atoms with Crippen molar-refractivity contribution < 1.29 is 0 Å². The Morgan fingerprint density at radius 3 is 2.47 bits per heavy atom. The lowest BCUT2D eigenvalue weighted by Gasteiger charge is -2.12. The van der Waals surface area contributed by atoms with Gasteiger partial charge in [-0.05, 0) is 55.3 Å². The van der Waals surface area contributed by atoms with Crippen molar-refractivity contribution in [3.8, 4) is 0 Å². The molecule has 98 valence electrons. The average molecular weight is 291 g/mol. The van der Waals surface area contributed by atoms with Gasteiger partial charge in [-0.2, -0.15) is 0 Å². The number of aryl methyl sites for hydroxylation is 2. The molecule has 3 N–H and O–H groups in total. The Labute approximate surface area is 123 Å². The lowest BCUT2D eigenvalue weighted by Crippen LogP contribution is -2.11. The Morgan fingerprint density at radius 1 is 1.11 bits per heavy atom. The second-order valence-corrected chi connectivity index (χ2v) is 5.35. The molecular weight excluding hydrogens is 276 g/mol. The summed E-state index contributed by atoms with van der Waals surface area (Å²) in [4.78, 5) is 0.419. The SMILES string of the molecule is Cc1ccc(Cl)cc1Nc1ccc(C(N)=S)c(C)c1. The molecule has 0 heterocycles. The Balaban J connectivity index is 2.31. The zero-order valence-electron chi connectivity index (χ0n) is 10.8. The van der Waals surface area contributed by atoms with Crippen LogP contribution in [0.25, 0.3) is 0 Å². The Morgan fingerprint density at radius 2 is 1.84 bits per heavy atom. The van der Waals surface area contributed by atoms with Crippen molar-refractivity contribution in [3.05, 3.63) is 58.1 Å². The molecule has 2 nitrogen and oxygen atoms in total. The van der Waals surface area contributed by atoms with Gasteiger partial charge in [-0.3, -0.25) is 0 Å². The van der Waals surface area contributed by atoms with Crippen molar-refractivity contribution in [2.24, 2.45) is 5.73 Å². The smallest absolute Gasteiger partial charge is 0.104 e. The van der Waals surface area contributed by atoms with Gasteiger partial charge >= 0.3 is 0 Å². The number of hydrogen-bond donors (Lipinski definition) is 2. The molecule has 0 amide bonds. The molecule has 0 saturated heterocycles. The van der Waals surface area contributed by atoms with E-state index in [4.69, 9.17) is 29.6 Å². The van der Waals surface area contributed by atoms with E-state index in [9.17, 15) is 0 Å². The minimum absolute atomic E-state index is 0.419. The molecular formula is C15H15ClN2S. The van der Waals surface area contributed by atoms with Crippen LogP contribution in [0.3, 0.4) is 0 Å². The van der Waals surface area contributed by atoms with Crippen LogP contribution in [0.4, 0.5) is 11.4 Å². The highest BCUT2D eigenvalue weighted by molar-refractivity contribution is 7.80. The first kappa shape index (κ1) is 13.8.